The molecule has 2 aromatic rings. The molecular formula is C26H32N6O3. The molecule has 184 valence electrons. The van der Waals surface area contributed by atoms with Gasteiger partial charge in [0.05, 0.1) is 18.8 Å². The number of aryl methyl sites for hydroxylation is 1. The second-order valence-corrected chi connectivity index (χ2v) is 9.10. The van der Waals surface area contributed by atoms with E-state index in [1.165, 1.54) is 10.6 Å². The van der Waals surface area contributed by atoms with Crippen LogP contribution < -0.4 is 15.1 Å². The first-order valence-electron chi connectivity index (χ1n) is 12.2. The average molecular weight is 477 g/mol. The van der Waals surface area contributed by atoms with Gasteiger partial charge >= 0.3 is 0 Å². The summed E-state index contributed by atoms with van der Waals surface area (Å²) < 4.78 is 5.47. The predicted octanol–water partition coefficient (Wildman–Crippen LogP) is 2.01. The van der Waals surface area contributed by atoms with Gasteiger partial charge in [0.2, 0.25) is 5.91 Å². The fraction of sp³-hybridized carbons (Fsp3) is 0.423. The molecule has 3 aliphatic heterocycles. The van der Waals surface area contributed by atoms with Gasteiger partial charge in [-0.25, -0.2) is 10.4 Å². The third-order valence-corrected chi connectivity index (χ3v) is 7.09. The quantitative estimate of drug-likeness (QED) is 0.687. The highest BCUT2D eigenvalue weighted by molar-refractivity contribution is 5.91. The molecule has 3 aliphatic rings. The second-order valence-electron chi connectivity index (χ2n) is 9.10. The summed E-state index contributed by atoms with van der Waals surface area (Å²) in [5, 5.41) is 7.37. The Morgan fingerprint density at radius 1 is 1.09 bits per heavy atom. The Morgan fingerprint density at radius 3 is 2.54 bits per heavy atom. The van der Waals surface area contributed by atoms with E-state index in [9.17, 15) is 9.59 Å². The van der Waals surface area contributed by atoms with Gasteiger partial charge < -0.3 is 14.5 Å². The zero-order valence-corrected chi connectivity index (χ0v) is 20.3. The number of nitrogens with one attached hydrogen (secondary N) is 1. The van der Waals surface area contributed by atoms with Crippen LogP contribution in [0.5, 0.6) is 5.75 Å². The minimum absolute atomic E-state index is 0.0375. The highest BCUT2D eigenvalue weighted by atomic mass is 16.5. The smallest absolute Gasteiger partial charge is 0.267 e. The first-order chi connectivity index (χ1) is 17.1. The molecule has 0 saturated carbocycles. The van der Waals surface area contributed by atoms with Crippen molar-refractivity contribution in [1.82, 2.24) is 20.3 Å². The van der Waals surface area contributed by atoms with Crippen molar-refractivity contribution in [3.63, 3.8) is 0 Å². The molecule has 9 nitrogen and oxygen atoms in total. The molecule has 0 radical (unpaired) electrons. The number of methoxy groups -OCH3 is 1. The monoisotopic (exact) mass is 476 g/mol. The number of hydrogen-bond acceptors (Lipinski definition) is 7. The molecule has 3 heterocycles. The number of hydrazine groups is 1. The van der Waals surface area contributed by atoms with Gasteiger partial charge in [-0.3, -0.25) is 14.6 Å². The Bertz CT molecular complexity index is 1100. The van der Waals surface area contributed by atoms with Crippen LogP contribution in [0.1, 0.15) is 30.5 Å². The van der Waals surface area contributed by atoms with Crippen LogP contribution in [0.15, 0.2) is 53.6 Å². The summed E-state index contributed by atoms with van der Waals surface area (Å²) in [6.07, 6.45) is 3.26. The van der Waals surface area contributed by atoms with Crippen LogP contribution in [-0.2, 0) is 16.0 Å². The number of carbonyl (C=O) groups is 2. The van der Waals surface area contributed by atoms with Gasteiger partial charge in [0.15, 0.2) is 0 Å². The number of benzene rings is 2. The Hall–Kier alpha value is -3.59. The van der Waals surface area contributed by atoms with E-state index < -0.39 is 0 Å². The van der Waals surface area contributed by atoms with Gasteiger partial charge in [-0.2, -0.15) is 5.10 Å². The van der Waals surface area contributed by atoms with E-state index in [1.807, 2.05) is 29.2 Å². The molecule has 2 amide bonds. The molecule has 2 unspecified atom stereocenters. The van der Waals surface area contributed by atoms with E-state index in [2.05, 4.69) is 46.6 Å². The van der Waals surface area contributed by atoms with Crippen LogP contribution >= 0.6 is 0 Å². The van der Waals surface area contributed by atoms with Crippen molar-refractivity contribution in [3.8, 4) is 5.75 Å². The molecule has 35 heavy (non-hydrogen) atoms. The number of anilines is 1. The maximum atomic E-state index is 13.1. The van der Waals surface area contributed by atoms with E-state index in [4.69, 9.17) is 4.74 Å². The summed E-state index contributed by atoms with van der Waals surface area (Å²) in [5.74, 6) is 0.602. The lowest BCUT2D eigenvalue weighted by molar-refractivity contribution is -0.144. The number of hydrazone groups is 1. The van der Waals surface area contributed by atoms with Crippen LogP contribution in [0.25, 0.3) is 0 Å². The van der Waals surface area contributed by atoms with Crippen molar-refractivity contribution in [1.29, 1.82) is 0 Å². The SMILES string of the molecule is CCc1ccc(C2CC3C(=O)N(CC(=O)N4CCN(c5ccccc5OC)CC4)N=CN3N2)cc1. The lowest BCUT2D eigenvalue weighted by Crippen LogP contribution is -2.55. The zero-order valence-electron chi connectivity index (χ0n) is 20.3. The normalized spacial score (nSPS) is 21.9. The lowest BCUT2D eigenvalue weighted by Gasteiger charge is -2.37. The lowest BCUT2D eigenvalue weighted by atomic mass is 9.99. The Labute approximate surface area is 205 Å². The summed E-state index contributed by atoms with van der Waals surface area (Å²) in [7, 11) is 1.67. The first-order valence-corrected chi connectivity index (χ1v) is 12.2. The van der Waals surface area contributed by atoms with Crippen LogP contribution in [0, 0.1) is 0 Å². The summed E-state index contributed by atoms with van der Waals surface area (Å²) in [6, 6.07) is 16.1. The molecule has 2 saturated heterocycles. The van der Waals surface area contributed by atoms with Crippen molar-refractivity contribution in [2.45, 2.75) is 31.8 Å². The molecule has 5 rings (SSSR count). The van der Waals surface area contributed by atoms with Gasteiger partial charge in [-0.15, -0.1) is 0 Å². The molecule has 2 atom stereocenters. The minimum atomic E-state index is -0.362. The van der Waals surface area contributed by atoms with E-state index in [0.717, 1.165) is 23.4 Å². The number of amides is 2. The summed E-state index contributed by atoms with van der Waals surface area (Å²) in [6.45, 7) is 4.70. The fourth-order valence-electron chi connectivity index (χ4n) is 4.97. The minimum Gasteiger partial charge on any atom is -0.495 e. The molecule has 0 spiro atoms. The fourth-order valence-corrected chi connectivity index (χ4v) is 4.97. The molecular weight excluding hydrogens is 444 g/mol. The van der Waals surface area contributed by atoms with Crippen LogP contribution in [0.4, 0.5) is 5.69 Å². The zero-order chi connectivity index (χ0) is 24.4. The van der Waals surface area contributed by atoms with E-state index in [1.54, 1.807) is 18.5 Å². The molecule has 9 heteroatoms. The van der Waals surface area contributed by atoms with E-state index in [0.29, 0.717) is 32.6 Å². The third kappa shape index (κ3) is 4.68. The molecule has 2 fully saturated rings. The highest BCUT2D eigenvalue weighted by Gasteiger charge is 2.41. The summed E-state index contributed by atoms with van der Waals surface area (Å²) in [4.78, 5) is 30.2. The number of carbonyl (C=O) groups excluding carboxylic acids is 2. The average Bonchev–Trinajstić information content (AvgIpc) is 3.35. The number of rotatable bonds is 6. The summed E-state index contributed by atoms with van der Waals surface area (Å²) >= 11 is 0. The maximum Gasteiger partial charge on any atom is 0.267 e. The number of fused-ring (bicyclic) bond motifs is 1. The number of hydrogen-bond donors (Lipinski definition) is 1. The predicted molar refractivity (Wildman–Crippen MR) is 134 cm³/mol. The molecule has 1 N–H and O–H groups in total. The third-order valence-electron chi connectivity index (χ3n) is 7.09. The highest BCUT2D eigenvalue weighted by Crippen LogP contribution is 2.30. The Balaban J connectivity index is 1.16. The van der Waals surface area contributed by atoms with Gasteiger partial charge in [0.1, 0.15) is 24.7 Å². The molecule has 0 bridgehead atoms. The first kappa shape index (κ1) is 23.2. The van der Waals surface area contributed by atoms with Gasteiger partial charge in [0.25, 0.3) is 5.91 Å². The number of piperazine rings is 1. The second kappa shape index (κ2) is 9.95. The van der Waals surface area contributed by atoms with Crippen LogP contribution in [0.2, 0.25) is 0 Å². The maximum absolute atomic E-state index is 13.1. The standard InChI is InChI=1S/C26H32N6O3/c1-3-19-8-10-20(11-9-19)21-16-23-26(34)31(27-18-32(23)28-21)17-25(33)30-14-12-29(13-15-30)22-6-4-5-7-24(22)35-2/h4-11,18,21,23,28H,3,12-17H2,1-2H3. The van der Waals surface area contributed by atoms with Gasteiger partial charge in [0, 0.05) is 26.2 Å². The summed E-state index contributed by atoms with van der Waals surface area (Å²) in [5.41, 5.74) is 6.84. The van der Waals surface area contributed by atoms with E-state index in [-0.39, 0.29) is 30.4 Å². The van der Waals surface area contributed by atoms with Crippen molar-refractivity contribution in [2.75, 3.05) is 44.7 Å². The topological polar surface area (TPSA) is 80.7 Å². The largest absolute Gasteiger partial charge is 0.495 e. The molecule has 0 aliphatic carbocycles. The van der Waals surface area contributed by atoms with Crippen molar-refractivity contribution in [2.24, 2.45) is 5.10 Å². The van der Waals surface area contributed by atoms with Crippen molar-refractivity contribution < 1.29 is 14.3 Å². The van der Waals surface area contributed by atoms with Crippen LogP contribution in [0.3, 0.4) is 0 Å². The van der Waals surface area contributed by atoms with Gasteiger partial charge in [-0.05, 0) is 36.1 Å². The van der Waals surface area contributed by atoms with Crippen LogP contribution in [-0.4, -0.2) is 78.9 Å². The van der Waals surface area contributed by atoms with Gasteiger partial charge in [-0.1, -0.05) is 43.3 Å². The molecule has 0 aromatic heterocycles. The Kier molecular flexibility index (Phi) is 6.59. The van der Waals surface area contributed by atoms with Crippen molar-refractivity contribution in [3.05, 3.63) is 59.7 Å². The molecule has 2 aromatic carbocycles. The Morgan fingerprint density at radius 2 is 1.83 bits per heavy atom. The van der Waals surface area contributed by atoms with E-state index >= 15 is 0 Å². The number of para-hydroxylation sites is 2. The number of ether oxygens (including phenoxy) is 1. The number of nitrogens with zero attached hydrogens (tertiary/aromatic N) is 5. The van der Waals surface area contributed by atoms with Crippen molar-refractivity contribution >= 4 is 23.8 Å².